The monoisotopic (exact) mass is 294 g/mol. The van der Waals surface area contributed by atoms with Crippen molar-refractivity contribution in [2.75, 3.05) is 5.32 Å². The van der Waals surface area contributed by atoms with E-state index in [2.05, 4.69) is 61.5 Å². The van der Waals surface area contributed by atoms with E-state index in [1.807, 2.05) is 0 Å². The van der Waals surface area contributed by atoms with Crippen LogP contribution in [0.1, 0.15) is 42.0 Å². The Morgan fingerprint density at radius 2 is 1.95 bits per heavy atom. The zero-order chi connectivity index (χ0) is 14.8. The number of anilines is 1. The van der Waals surface area contributed by atoms with Crippen molar-refractivity contribution in [3.05, 3.63) is 27.3 Å². The summed E-state index contributed by atoms with van der Waals surface area (Å²) in [7, 11) is 0. The number of thiophene rings is 1. The van der Waals surface area contributed by atoms with E-state index in [-0.39, 0.29) is 5.54 Å². The molecule has 2 heterocycles. The molecule has 0 spiro atoms. The van der Waals surface area contributed by atoms with Crippen molar-refractivity contribution < 1.29 is 4.42 Å². The van der Waals surface area contributed by atoms with Gasteiger partial charge in [-0.2, -0.15) is 0 Å². The first kappa shape index (κ1) is 15.0. The number of aromatic nitrogens is 2. The Morgan fingerprint density at radius 1 is 1.20 bits per heavy atom. The summed E-state index contributed by atoms with van der Waals surface area (Å²) in [4.78, 5) is 2.62. The van der Waals surface area contributed by atoms with Gasteiger partial charge in [0, 0.05) is 15.3 Å². The fourth-order valence-electron chi connectivity index (χ4n) is 1.64. The maximum absolute atomic E-state index is 5.55. The highest BCUT2D eigenvalue weighted by molar-refractivity contribution is 7.12. The van der Waals surface area contributed by atoms with E-state index >= 15 is 0 Å². The average Bonchev–Trinajstić information content (AvgIpc) is 2.91. The summed E-state index contributed by atoms with van der Waals surface area (Å²) in [6.07, 6.45) is 0. The fraction of sp³-hybridized carbons (Fsp3) is 0.571. The van der Waals surface area contributed by atoms with Crippen molar-refractivity contribution in [3.63, 3.8) is 0 Å². The minimum atomic E-state index is 0.0358. The predicted octanol–water partition coefficient (Wildman–Crippen LogP) is 3.25. The van der Waals surface area contributed by atoms with Crippen LogP contribution in [0.3, 0.4) is 0 Å². The van der Waals surface area contributed by atoms with Gasteiger partial charge in [-0.1, -0.05) is 5.10 Å². The summed E-state index contributed by atoms with van der Waals surface area (Å²) < 4.78 is 5.55. The third kappa shape index (κ3) is 4.31. The predicted molar refractivity (Wildman–Crippen MR) is 82.0 cm³/mol. The number of hydrogen-bond acceptors (Lipinski definition) is 6. The molecule has 110 valence electrons. The van der Waals surface area contributed by atoms with Crippen molar-refractivity contribution >= 4 is 17.4 Å². The summed E-state index contributed by atoms with van der Waals surface area (Å²) in [5, 5.41) is 14.5. The molecule has 2 rings (SSSR count). The molecule has 20 heavy (non-hydrogen) atoms. The Hall–Kier alpha value is -1.40. The molecular weight excluding hydrogens is 272 g/mol. The molecule has 0 saturated heterocycles. The van der Waals surface area contributed by atoms with Crippen molar-refractivity contribution in [2.24, 2.45) is 0 Å². The van der Waals surface area contributed by atoms with Gasteiger partial charge in [0.15, 0.2) is 0 Å². The van der Waals surface area contributed by atoms with E-state index in [1.165, 1.54) is 15.3 Å². The van der Waals surface area contributed by atoms with Gasteiger partial charge in [0.1, 0.15) is 0 Å². The molecule has 0 aliphatic heterocycles. The summed E-state index contributed by atoms with van der Waals surface area (Å²) >= 11 is 1.79. The van der Waals surface area contributed by atoms with Gasteiger partial charge in [-0.05, 0) is 46.2 Å². The van der Waals surface area contributed by atoms with Crippen LogP contribution >= 0.6 is 11.3 Å². The van der Waals surface area contributed by atoms with Gasteiger partial charge < -0.3 is 15.1 Å². The highest BCUT2D eigenvalue weighted by atomic mass is 32.1. The number of hydrogen-bond donors (Lipinski definition) is 2. The van der Waals surface area contributed by atoms with Gasteiger partial charge in [0.05, 0.1) is 13.1 Å². The lowest BCUT2D eigenvalue weighted by molar-refractivity contribution is 0.383. The lowest BCUT2D eigenvalue weighted by atomic mass is 10.1. The number of rotatable bonds is 5. The van der Waals surface area contributed by atoms with Crippen LogP contribution < -0.4 is 10.6 Å². The maximum Gasteiger partial charge on any atom is 0.315 e. The van der Waals surface area contributed by atoms with E-state index < -0.39 is 0 Å². The van der Waals surface area contributed by atoms with Crippen molar-refractivity contribution in [1.29, 1.82) is 0 Å². The Bertz CT molecular complexity index is 548. The Kier molecular flexibility index (Phi) is 4.45. The van der Waals surface area contributed by atoms with E-state index in [0.29, 0.717) is 25.0 Å². The topological polar surface area (TPSA) is 63.0 Å². The van der Waals surface area contributed by atoms with Crippen molar-refractivity contribution in [2.45, 2.75) is 53.2 Å². The van der Waals surface area contributed by atoms with Crippen LogP contribution in [-0.2, 0) is 13.1 Å². The van der Waals surface area contributed by atoms with Crippen LogP contribution in [0.5, 0.6) is 0 Å². The van der Waals surface area contributed by atoms with Gasteiger partial charge >= 0.3 is 6.01 Å². The molecule has 0 aromatic carbocycles. The van der Waals surface area contributed by atoms with Crippen LogP contribution in [0.4, 0.5) is 6.01 Å². The molecule has 0 amide bonds. The van der Waals surface area contributed by atoms with Crippen LogP contribution in [0.25, 0.3) is 0 Å². The second-order valence-electron chi connectivity index (χ2n) is 5.91. The molecule has 2 aromatic heterocycles. The van der Waals surface area contributed by atoms with E-state index in [4.69, 9.17) is 4.42 Å². The lowest BCUT2D eigenvalue weighted by Crippen LogP contribution is -2.35. The van der Waals surface area contributed by atoms with Crippen molar-refractivity contribution in [1.82, 2.24) is 15.5 Å². The standard InChI is InChI=1S/C14H22N4OS/c1-9-6-11(20-10(9)2)7-15-13-18-17-12(19-13)8-16-14(3,4)5/h6,16H,7-8H2,1-5H3,(H,15,18). The summed E-state index contributed by atoms with van der Waals surface area (Å²) in [5.41, 5.74) is 1.36. The van der Waals surface area contributed by atoms with Crippen LogP contribution in [0.15, 0.2) is 10.5 Å². The molecule has 5 nitrogen and oxygen atoms in total. The van der Waals surface area contributed by atoms with E-state index in [1.54, 1.807) is 11.3 Å². The van der Waals surface area contributed by atoms with Gasteiger partial charge in [-0.3, -0.25) is 0 Å². The van der Waals surface area contributed by atoms with Gasteiger partial charge in [-0.15, -0.1) is 16.4 Å². The van der Waals surface area contributed by atoms with Crippen LogP contribution in [-0.4, -0.2) is 15.7 Å². The molecule has 0 radical (unpaired) electrons. The minimum absolute atomic E-state index is 0.0358. The third-order valence-corrected chi connectivity index (χ3v) is 4.02. The normalized spacial score (nSPS) is 11.8. The SMILES string of the molecule is Cc1cc(CNc2nnc(CNC(C)(C)C)o2)sc1C. The third-order valence-electron chi connectivity index (χ3n) is 2.87. The zero-order valence-corrected chi connectivity index (χ0v) is 13.5. The highest BCUT2D eigenvalue weighted by Crippen LogP contribution is 2.21. The number of aryl methyl sites for hydroxylation is 2. The summed E-state index contributed by atoms with van der Waals surface area (Å²) in [6.45, 7) is 11.9. The smallest absolute Gasteiger partial charge is 0.315 e. The molecule has 0 aliphatic carbocycles. The number of nitrogens with one attached hydrogen (secondary N) is 2. The molecule has 6 heteroatoms. The van der Waals surface area contributed by atoms with E-state index in [0.717, 1.165) is 0 Å². The molecule has 0 fully saturated rings. The molecular formula is C14H22N4OS. The largest absolute Gasteiger partial charge is 0.407 e. The Labute approximate surface area is 123 Å². The van der Waals surface area contributed by atoms with Gasteiger partial charge in [-0.25, -0.2) is 0 Å². The first-order chi connectivity index (χ1) is 9.33. The average molecular weight is 294 g/mol. The minimum Gasteiger partial charge on any atom is -0.407 e. The lowest BCUT2D eigenvalue weighted by Gasteiger charge is -2.18. The van der Waals surface area contributed by atoms with Gasteiger partial charge in [0.2, 0.25) is 5.89 Å². The molecule has 0 aliphatic rings. The summed E-state index contributed by atoms with van der Waals surface area (Å²) in [6, 6.07) is 2.66. The zero-order valence-electron chi connectivity index (χ0n) is 12.7. The van der Waals surface area contributed by atoms with Gasteiger partial charge in [0.25, 0.3) is 0 Å². The summed E-state index contributed by atoms with van der Waals surface area (Å²) in [5.74, 6) is 0.598. The first-order valence-corrected chi connectivity index (χ1v) is 7.52. The maximum atomic E-state index is 5.55. The first-order valence-electron chi connectivity index (χ1n) is 6.71. The Morgan fingerprint density at radius 3 is 2.55 bits per heavy atom. The second kappa shape index (κ2) is 5.93. The fourth-order valence-corrected chi connectivity index (χ4v) is 2.63. The Balaban J connectivity index is 1.86. The molecule has 2 N–H and O–H groups in total. The van der Waals surface area contributed by atoms with E-state index in [9.17, 15) is 0 Å². The highest BCUT2D eigenvalue weighted by Gasteiger charge is 2.12. The molecule has 0 atom stereocenters. The quantitative estimate of drug-likeness (QED) is 0.886. The molecule has 2 aromatic rings. The molecule has 0 bridgehead atoms. The van der Waals surface area contributed by atoms with Crippen LogP contribution in [0, 0.1) is 13.8 Å². The van der Waals surface area contributed by atoms with Crippen LogP contribution in [0.2, 0.25) is 0 Å². The number of nitrogens with zero attached hydrogens (tertiary/aromatic N) is 2. The molecule has 0 unspecified atom stereocenters. The second-order valence-corrected chi connectivity index (χ2v) is 7.25. The molecule has 0 saturated carbocycles. The van der Waals surface area contributed by atoms with Crippen molar-refractivity contribution in [3.8, 4) is 0 Å².